The summed E-state index contributed by atoms with van der Waals surface area (Å²) < 4.78 is 0. The van der Waals surface area contributed by atoms with Crippen molar-refractivity contribution in [1.82, 2.24) is 15.2 Å². The van der Waals surface area contributed by atoms with Crippen molar-refractivity contribution in [2.45, 2.75) is 38.3 Å². The third kappa shape index (κ3) is 4.71. The van der Waals surface area contributed by atoms with E-state index in [9.17, 15) is 4.79 Å². The summed E-state index contributed by atoms with van der Waals surface area (Å²) in [5.41, 5.74) is 0.708. The lowest BCUT2D eigenvalue weighted by molar-refractivity contribution is 0.0946. The number of nitrogens with zero attached hydrogens (tertiary/aromatic N) is 2. The molecule has 0 unspecified atom stereocenters. The molecule has 4 nitrogen and oxygen atoms in total. The van der Waals surface area contributed by atoms with Crippen LogP contribution in [-0.4, -0.2) is 47.2 Å². The zero-order valence-electron chi connectivity index (χ0n) is 13.1. The van der Waals surface area contributed by atoms with Crippen LogP contribution in [0.4, 0.5) is 0 Å². The van der Waals surface area contributed by atoms with Gasteiger partial charge in [-0.15, -0.1) is 11.8 Å². The van der Waals surface area contributed by atoms with E-state index >= 15 is 0 Å². The van der Waals surface area contributed by atoms with Crippen molar-refractivity contribution < 1.29 is 4.79 Å². The highest BCUT2D eigenvalue weighted by molar-refractivity contribution is 7.99. The Balaban J connectivity index is 1.83. The maximum atomic E-state index is 12.2. The number of likely N-dealkylation sites (tertiary alicyclic amines) is 1. The summed E-state index contributed by atoms with van der Waals surface area (Å²) in [6, 6.07) is 4.25. The van der Waals surface area contributed by atoms with Crippen LogP contribution >= 0.6 is 11.8 Å². The molecule has 2 heterocycles. The number of nitrogens with one attached hydrogen (secondary N) is 1. The number of hydrogen-bond acceptors (Lipinski definition) is 4. The van der Waals surface area contributed by atoms with Crippen LogP contribution in [0.25, 0.3) is 0 Å². The maximum Gasteiger partial charge on any atom is 0.251 e. The van der Waals surface area contributed by atoms with Crippen molar-refractivity contribution in [2.75, 3.05) is 25.4 Å². The fourth-order valence-electron chi connectivity index (χ4n) is 2.61. The second kappa shape index (κ2) is 7.80. The van der Waals surface area contributed by atoms with Crippen LogP contribution in [0.3, 0.4) is 0 Å². The van der Waals surface area contributed by atoms with Crippen LogP contribution in [0.2, 0.25) is 0 Å². The Morgan fingerprint density at radius 2 is 2.38 bits per heavy atom. The molecule has 116 valence electrons. The Labute approximate surface area is 131 Å². The Hall–Kier alpha value is -1.07. The summed E-state index contributed by atoms with van der Waals surface area (Å²) in [5, 5.41) is 3.98. The van der Waals surface area contributed by atoms with Crippen LogP contribution in [-0.2, 0) is 0 Å². The largest absolute Gasteiger partial charge is 0.352 e. The average Bonchev–Trinajstić information content (AvgIpc) is 2.94. The highest BCUT2D eigenvalue weighted by atomic mass is 32.2. The molecule has 0 aromatic carbocycles. The SMILES string of the molecule is CCSc1cc(C(=O)NC[C@@H]2CCN(C(C)C)C2)ccn1. The molecule has 1 saturated heterocycles. The Morgan fingerprint density at radius 1 is 1.57 bits per heavy atom. The molecule has 1 aromatic rings. The van der Waals surface area contributed by atoms with E-state index in [1.807, 2.05) is 6.07 Å². The first-order chi connectivity index (χ1) is 10.1. The lowest BCUT2D eigenvalue weighted by atomic mass is 10.1. The molecule has 1 amide bonds. The van der Waals surface area contributed by atoms with Crippen LogP contribution in [0.1, 0.15) is 37.6 Å². The standard InChI is InChI=1S/C16H25N3OS/c1-4-21-15-9-14(5-7-17-15)16(20)18-10-13-6-8-19(11-13)12(2)3/h5,7,9,12-13H,4,6,8,10-11H2,1-3H3,(H,18,20)/t13-/m0/s1. The van der Waals surface area contributed by atoms with Gasteiger partial charge in [-0.2, -0.15) is 0 Å². The highest BCUT2D eigenvalue weighted by Crippen LogP contribution is 2.18. The Morgan fingerprint density at radius 3 is 3.05 bits per heavy atom. The summed E-state index contributed by atoms with van der Waals surface area (Å²) in [5.74, 6) is 1.55. The Bertz CT molecular complexity index is 478. The number of carbonyl (C=O) groups is 1. The molecule has 1 aliphatic heterocycles. The number of pyridine rings is 1. The van der Waals surface area contributed by atoms with E-state index in [1.54, 1.807) is 24.0 Å². The van der Waals surface area contributed by atoms with Gasteiger partial charge in [0.2, 0.25) is 0 Å². The number of carbonyl (C=O) groups excluding carboxylic acids is 1. The van der Waals surface area contributed by atoms with Gasteiger partial charge in [0.25, 0.3) is 5.91 Å². The molecule has 2 rings (SSSR count). The van der Waals surface area contributed by atoms with Crippen molar-refractivity contribution in [3.8, 4) is 0 Å². The van der Waals surface area contributed by atoms with Gasteiger partial charge in [-0.25, -0.2) is 4.98 Å². The van der Waals surface area contributed by atoms with E-state index in [1.165, 1.54) is 6.42 Å². The first-order valence-corrected chi connectivity index (χ1v) is 8.69. The monoisotopic (exact) mass is 307 g/mol. The zero-order chi connectivity index (χ0) is 15.2. The predicted molar refractivity (Wildman–Crippen MR) is 87.8 cm³/mol. The van der Waals surface area contributed by atoms with Crippen LogP contribution in [0.5, 0.6) is 0 Å². The molecule has 0 saturated carbocycles. The van der Waals surface area contributed by atoms with Crippen molar-refractivity contribution in [1.29, 1.82) is 0 Å². The number of thioether (sulfide) groups is 1. The Kier molecular flexibility index (Phi) is 6.06. The topological polar surface area (TPSA) is 45.2 Å². The summed E-state index contributed by atoms with van der Waals surface area (Å²) in [6.07, 6.45) is 2.88. The van der Waals surface area contributed by atoms with E-state index in [0.717, 1.165) is 30.4 Å². The molecule has 1 aromatic heterocycles. The number of aromatic nitrogens is 1. The number of amides is 1. The van der Waals surface area contributed by atoms with Gasteiger partial charge < -0.3 is 10.2 Å². The summed E-state index contributed by atoms with van der Waals surface area (Å²) in [7, 11) is 0. The molecule has 0 spiro atoms. The minimum Gasteiger partial charge on any atom is -0.352 e. The molecule has 0 radical (unpaired) electrons. The first kappa shape index (κ1) is 16.3. The van der Waals surface area contributed by atoms with Crippen molar-refractivity contribution >= 4 is 17.7 Å². The van der Waals surface area contributed by atoms with E-state index in [4.69, 9.17) is 0 Å². The third-order valence-corrected chi connectivity index (χ3v) is 4.70. The molecular weight excluding hydrogens is 282 g/mol. The molecular formula is C16H25N3OS. The van der Waals surface area contributed by atoms with Crippen molar-refractivity contribution in [2.24, 2.45) is 5.92 Å². The molecule has 1 atom stereocenters. The van der Waals surface area contributed by atoms with Gasteiger partial charge in [0.1, 0.15) is 0 Å². The molecule has 1 aliphatic rings. The van der Waals surface area contributed by atoms with Gasteiger partial charge in [0.15, 0.2) is 0 Å². The smallest absolute Gasteiger partial charge is 0.251 e. The molecule has 1 N–H and O–H groups in total. The van der Waals surface area contributed by atoms with Gasteiger partial charge >= 0.3 is 0 Å². The average molecular weight is 307 g/mol. The van der Waals surface area contributed by atoms with Crippen molar-refractivity contribution in [3.05, 3.63) is 23.9 Å². The molecule has 0 bridgehead atoms. The fourth-order valence-corrected chi connectivity index (χ4v) is 3.26. The van der Waals surface area contributed by atoms with E-state index in [0.29, 0.717) is 17.5 Å². The lowest BCUT2D eigenvalue weighted by Crippen LogP contribution is -2.33. The van der Waals surface area contributed by atoms with Crippen LogP contribution < -0.4 is 5.32 Å². The predicted octanol–water partition coefficient (Wildman–Crippen LogP) is 2.65. The minimum absolute atomic E-state index is 0.0124. The molecule has 21 heavy (non-hydrogen) atoms. The highest BCUT2D eigenvalue weighted by Gasteiger charge is 2.24. The van der Waals surface area contributed by atoms with E-state index in [2.05, 4.69) is 36.0 Å². The van der Waals surface area contributed by atoms with Gasteiger partial charge in [-0.3, -0.25) is 4.79 Å². The van der Waals surface area contributed by atoms with Gasteiger partial charge in [0, 0.05) is 30.9 Å². The lowest BCUT2D eigenvalue weighted by Gasteiger charge is -2.20. The van der Waals surface area contributed by atoms with E-state index < -0.39 is 0 Å². The quantitative estimate of drug-likeness (QED) is 0.821. The van der Waals surface area contributed by atoms with Gasteiger partial charge in [-0.1, -0.05) is 6.92 Å². The van der Waals surface area contributed by atoms with Crippen LogP contribution in [0, 0.1) is 5.92 Å². The van der Waals surface area contributed by atoms with Crippen LogP contribution in [0.15, 0.2) is 23.4 Å². The van der Waals surface area contributed by atoms with Gasteiger partial charge in [0.05, 0.1) is 5.03 Å². The van der Waals surface area contributed by atoms with E-state index in [-0.39, 0.29) is 5.91 Å². The summed E-state index contributed by atoms with van der Waals surface area (Å²) in [4.78, 5) is 18.9. The zero-order valence-corrected chi connectivity index (χ0v) is 13.9. The normalized spacial score (nSPS) is 19.1. The van der Waals surface area contributed by atoms with Crippen molar-refractivity contribution in [3.63, 3.8) is 0 Å². The number of rotatable bonds is 6. The molecule has 0 aliphatic carbocycles. The molecule has 1 fully saturated rings. The first-order valence-electron chi connectivity index (χ1n) is 7.71. The minimum atomic E-state index is 0.0124. The summed E-state index contributed by atoms with van der Waals surface area (Å²) >= 11 is 1.66. The second-order valence-corrected chi connectivity index (χ2v) is 7.05. The fraction of sp³-hybridized carbons (Fsp3) is 0.625. The second-order valence-electron chi connectivity index (χ2n) is 5.77. The summed E-state index contributed by atoms with van der Waals surface area (Å²) in [6.45, 7) is 9.53. The van der Waals surface area contributed by atoms with Gasteiger partial charge in [-0.05, 0) is 50.6 Å². The molecule has 5 heteroatoms. The number of hydrogen-bond donors (Lipinski definition) is 1. The third-order valence-electron chi connectivity index (χ3n) is 3.89. The maximum absolute atomic E-state index is 12.2.